The van der Waals surface area contributed by atoms with Gasteiger partial charge in [0.25, 0.3) is 5.91 Å². The first-order valence-electron chi connectivity index (χ1n) is 6.50. The fraction of sp³-hybridized carbons (Fsp3) is 0.267. The molecule has 0 fully saturated rings. The molecule has 5 nitrogen and oxygen atoms in total. The van der Waals surface area contributed by atoms with Crippen molar-refractivity contribution in [3.63, 3.8) is 0 Å². The number of carboxylic acid groups (broad SMARTS) is 1. The van der Waals surface area contributed by atoms with Gasteiger partial charge in [-0.1, -0.05) is 23.7 Å². The average Bonchev–Trinajstić information content (AvgIpc) is 2.81. The van der Waals surface area contributed by atoms with Crippen molar-refractivity contribution in [2.24, 2.45) is 0 Å². The number of nitrogens with one attached hydrogen (secondary N) is 1. The Kier molecular flexibility index (Phi) is 4.53. The molecule has 0 bridgehead atoms. The molecule has 2 N–H and O–H groups in total. The Balaban J connectivity index is 2.28. The monoisotopic (exact) mass is 338 g/mol. The Morgan fingerprint density at radius 2 is 1.86 bits per heavy atom. The summed E-state index contributed by atoms with van der Waals surface area (Å²) in [5.74, 6) is -1.54. The molecule has 7 heteroatoms. The lowest BCUT2D eigenvalue weighted by molar-refractivity contribution is -0.143. The number of carbonyl (C=O) groups excluding carboxylic acids is 1. The van der Waals surface area contributed by atoms with E-state index in [4.69, 9.17) is 16.7 Å². The predicted octanol–water partition coefficient (Wildman–Crippen LogP) is 3.36. The van der Waals surface area contributed by atoms with Crippen molar-refractivity contribution in [1.29, 1.82) is 0 Å². The minimum atomic E-state index is -1.34. The Bertz CT molecular complexity index is 723. The van der Waals surface area contributed by atoms with Crippen LogP contribution in [-0.4, -0.2) is 27.5 Å². The normalized spacial score (nSPS) is 11.3. The van der Waals surface area contributed by atoms with Crippen LogP contribution in [0.3, 0.4) is 0 Å². The minimum absolute atomic E-state index is 0.402. The van der Waals surface area contributed by atoms with Crippen molar-refractivity contribution >= 4 is 34.8 Å². The summed E-state index contributed by atoms with van der Waals surface area (Å²) in [5.41, 5.74) is 0.0798. The molecule has 0 radical (unpaired) electrons. The molecule has 1 aromatic heterocycles. The molecule has 1 amide bonds. The van der Waals surface area contributed by atoms with Crippen LogP contribution in [0, 0.1) is 6.92 Å². The highest BCUT2D eigenvalue weighted by atomic mass is 35.5. The molecule has 2 aromatic rings. The van der Waals surface area contributed by atoms with Gasteiger partial charge in [0.1, 0.15) is 15.4 Å². The standard InChI is InChI=1S/C15H15ClN2O3S/c1-8-11(12(19)18-15(2,3)14(20)21)22-13(17-8)9-4-6-10(16)7-5-9/h4-7H,1-3H3,(H,18,19)(H,20,21). The molecule has 0 atom stereocenters. The maximum atomic E-state index is 12.3. The van der Waals surface area contributed by atoms with Gasteiger partial charge in [0, 0.05) is 10.6 Å². The molecule has 0 aliphatic heterocycles. The highest BCUT2D eigenvalue weighted by Crippen LogP contribution is 2.29. The van der Waals surface area contributed by atoms with Crippen LogP contribution in [0.2, 0.25) is 5.02 Å². The molecule has 0 spiro atoms. The summed E-state index contributed by atoms with van der Waals surface area (Å²) >= 11 is 7.07. The Hall–Kier alpha value is -1.92. The summed E-state index contributed by atoms with van der Waals surface area (Å²) in [6.45, 7) is 4.59. The molecule has 2 rings (SSSR count). The Morgan fingerprint density at radius 3 is 2.41 bits per heavy atom. The number of benzene rings is 1. The Morgan fingerprint density at radius 1 is 1.27 bits per heavy atom. The first-order chi connectivity index (χ1) is 10.2. The number of carbonyl (C=O) groups is 2. The van der Waals surface area contributed by atoms with Gasteiger partial charge in [-0.05, 0) is 32.9 Å². The van der Waals surface area contributed by atoms with Crippen molar-refractivity contribution in [3.05, 3.63) is 39.9 Å². The van der Waals surface area contributed by atoms with Crippen molar-refractivity contribution < 1.29 is 14.7 Å². The third-order valence-corrected chi connectivity index (χ3v) is 4.51. The van der Waals surface area contributed by atoms with E-state index < -0.39 is 17.4 Å². The smallest absolute Gasteiger partial charge is 0.328 e. The number of nitrogens with zero attached hydrogens (tertiary/aromatic N) is 1. The number of thiazole rings is 1. The largest absolute Gasteiger partial charge is 0.480 e. The number of aromatic nitrogens is 1. The third-order valence-electron chi connectivity index (χ3n) is 3.05. The van der Waals surface area contributed by atoms with E-state index in [2.05, 4.69) is 10.3 Å². The van der Waals surface area contributed by atoms with Gasteiger partial charge in [0.15, 0.2) is 0 Å². The lowest BCUT2D eigenvalue weighted by atomic mass is 10.1. The molecule has 1 aromatic carbocycles. The highest BCUT2D eigenvalue weighted by Gasteiger charge is 2.30. The first-order valence-corrected chi connectivity index (χ1v) is 7.69. The molecule has 0 aliphatic carbocycles. The molecule has 116 valence electrons. The third kappa shape index (κ3) is 3.45. The number of carboxylic acids is 1. The maximum absolute atomic E-state index is 12.3. The lowest BCUT2D eigenvalue weighted by Crippen LogP contribution is -2.49. The van der Waals surface area contributed by atoms with Crippen molar-refractivity contribution in [1.82, 2.24) is 10.3 Å². The molecule has 0 saturated heterocycles. The maximum Gasteiger partial charge on any atom is 0.328 e. The van der Waals surface area contributed by atoms with Crippen LogP contribution in [0.15, 0.2) is 24.3 Å². The zero-order chi connectivity index (χ0) is 16.5. The van der Waals surface area contributed by atoms with Gasteiger partial charge in [0.2, 0.25) is 0 Å². The molecule has 0 saturated carbocycles. The van der Waals surface area contributed by atoms with Gasteiger partial charge in [-0.15, -0.1) is 11.3 Å². The summed E-state index contributed by atoms with van der Waals surface area (Å²) in [6.07, 6.45) is 0. The zero-order valence-corrected chi connectivity index (χ0v) is 13.9. The molecule has 0 aliphatic rings. The molecule has 0 unspecified atom stereocenters. The number of hydrogen-bond donors (Lipinski definition) is 2. The quantitative estimate of drug-likeness (QED) is 0.895. The fourth-order valence-electron chi connectivity index (χ4n) is 1.72. The zero-order valence-electron chi connectivity index (χ0n) is 12.3. The van der Waals surface area contributed by atoms with Crippen LogP contribution >= 0.6 is 22.9 Å². The van der Waals surface area contributed by atoms with E-state index >= 15 is 0 Å². The summed E-state index contributed by atoms with van der Waals surface area (Å²) in [4.78, 5) is 28.1. The number of aliphatic carboxylic acids is 1. The van der Waals surface area contributed by atoms with Gasteiger partial charge < -0.3 is 10.4 Å². The molecular weight excluding hydrogens is 324 g/mol. The Labute approximate surface area is 137 Å². The molecule has 1 heterocycles. The number of rotatable bonds is 4. The SMILES string of the molecule is Cc1nc(-c2ccc(Cl)cc2)sc1C(=O)NC(C)(C)C(=O)O. The average molecular weight is 339 g/mol. The second-order valence-electron chi connectivity index (χ2n) is 5.32. The number of aryl methyl sites for hydroxylation is 1. The second-order valence-corrected chi connectivity index (χ2v) is 6.76. The van der Waals surface area contributed by atoms with Gasteiger partial charge >= 0.3 is 5.97 Å². The van der Waals surface area contributed by atoms with E-state index in [1.54, 1.807) is 19.1 Å². The topological polar surface area (TPSA) is 79.3 Å². The summed E-state index contributed by atoms with van der Waals surface area (Å²) in [5, 5.41) is 12.9. The van der Waals surface area contributed by atoms with E-state index in [0.29, 0.717) is 20.6 Å². The van der Waals surface area contributed by atoms with E-state index in [0.717, 1.165) is 5.56 Å². The van der Waals surface area contributed by atoms with Crippen LogP contribution < -0.4 is 5.32 Å². The summed E-state index contributed by atoms with van der Waals surface area (Å²) in [7, 11) is 0. The van der Waals surface area contributed by atoms with Crippen molar-refractivity contribution in [2.45, 2.75) is 26.3 Å². The summed E-state index contributed by atoms with van der Waals surface area (Å²) in [6, 6.07) is 7.15. The fourth-order valence-corrected chi connectivity index (χ4v) is 2.81. The minimum Gasteiger partial charge on any atom is -0.480 e. The van der Waals surface area contributed by atoms with Crippen LogP contribution in [0.4, 0.5) is 0 Å². The van der Waals surface area contributed by atoms with E-state index in [-0.39, 0.29) is 0 Å². The number of hydrogen-bond acceptors (Lipinski definition) is 4. The first kappa shape index (κ1) is 16.5. The second kappa shape index (κ2) is 6.06. The van der Waals surface area contributed by atoms with E-state index in [1.165, 1.54) is 25.2 Å². The predicted molar refractivity (Wildman–Crippen MR) is 86.5 cm³/mol. The van der Waals surface area contributed by atoms with Gasteiger partial charge in [0.05, 0.1) is 5.69 Å². The van der Waals surface area contributed by atoms with Crippen LogP contribution in [0.5, 0.6) is 0 Å². The molecule has 22 heavy (non-hydrogen) atoms. The number of halogens is 1. The van der Waals surface area contributed by atoms with Gasteiger partial charge in [-0.2, -0.15) is 0 Å². The summed E-state index contributed by atoms with van der Waals surface area (Å²) < 4.78 is 0. The van der Waals surface area contributed by atoms with Crippen molar-refractivity contribution in [3.8, 4) is 10.6 Å². The lowest BCUT2D eigenvalue weighted by Gasteiger charge is -2.20. The van der Waals surface area contributed by atoms with Crippen LogP contribution in [0.1, 0.15) is 29.2 Å². The number of amides is 1. The van der Waals surface area contributed by atoms with Gasteiger partial charge in [-0.3, -0.25) is 4.79 Å². The van der Waals surface area contributed by atoms with E-state index in [9.17, 15) is 9.59 Å². The highest BCUT2D eigenvalue weighted by molar-refractivity contribution is 7.17. The molecular formula is C15H15ClN2O3S. The van der Waals surface area contributed by atoms with Crippen molar-refractivity contribution in [2.75, 3.05) is 0 Å². The van der Waals surface area contributed by atoms with E-state index in [1.807, 2.05) is 12.1 Å². The van der Waals surface area contributed by atoms with Crippen LogP contribution in [-0.2, 0) is 4.79 Å². The van der Waals surface area contributed by atoms with Gasteiger partial charge in [-0.25, -0.2) is 9.78 Å². The van der Waals surface area contributed by atoms with Crippen LogP contribution in [0.25, 0.3) is 10.6 Å².